The van der Waals surface area contributed by atoms with Crippen LogP contribution in [0.3, 0.4) is 0 Å². The third-order valence-electron chi connectivity index (χ3n) is 10.6. The number of likely N-dealkylation sites (N-methyl/N-ethyl adjacent to an activating group) is 1. The maximum Gasteiger partial charge on any atom is 0.306 e. The van der Waals surface area contributed by atoms with Gasteiger partial charge in [-0.05, 0) is 83.5 Å². The highest BCUT2D eigenvalue weighted by molar-refractivity contribution is 7.45. The van der Waals surface area contributed by atoms with Gasteiger partial charge in [0.1, 0.15) is 19.8 Å². The Balaban J connectivity index is 4.41. The van der Waals surface area contributed by atoms with Gasteiger partial charge in [0.2, 0.25) is 0 Å². The molecule has 0 aliphatic carbocycles. The normalized spacial score (nSPS) is 14.2. The van der Waals surface area contributed by atoms with Crippen LogP contribution in [-0.2, 0) is 32.7 Å². The highest BCUT2D eigenvalue weighted by Gasteiger charge is 2.21. The molecular weight excluding hydrogens is 846 g/mol. The molecule has 66 heavy (non-hydrogen) atoms. The maximum absolute atomic E-state index is 12.7. The van der Waals surface area contributed by atoms with Crippen molar-refractivity contribution in [3.05, 3.63) is 97.2 Å². The average Bonchev–Trinajstić information content (AvgIpc) is 3.27. The molecule has 0 spiro atoms. The number of unbranched alkanes of at least 4 members (excludes halogenated alkanes) is 16. The molecule has 0 rings (SSSR count). The van der Waals surface area contributed by atoms with Crippen LogP contribution in [0.1, 0.15) is 194 Å². The molecule has 9 nitrogen and oxygen atoms in total. The Morgan fingerprint density at radius 3 is 1.39 bits per heavy atom. The molecule has 378 valence electrons. The van der Waals surface area contributed by atoms with Crippen LogP contribution in [0, 0.1) is 0 Å². The van der Waals surface area contributed by atoms with Gasteiger partial charge in [-0.1, -0.05) is 195 Å². The molecule has 10 heteroatoms. The first-order valence-corrected chi connectivity index (χ1v) is 27.4. The number of quaternary nitrogens is 1. The predicted octanol–water partition coefficient (Wildman–Crippen LogP) is 15.1. The first kappa shape index (κ1) is 62.9. The van der Waals surface area contributed by atoms with Crippen LogP contribution in [0.25, 0.3) is 0 Å². The number of rotatable bonds is 46. The smallest absolute Gasteiger partial charge is 0.306 e. The van der Waals surface area contributed by atoms with Crippen LogP contribution >= 0.6 is 7.82 Å². The Morgan fingerprint density at radius 2 is 0.909 bits per heavy atom. The molecular formula is C56H96NO8P. The lowest BCUT2D eigenvalue weighted by molar-refractivity contribution is -0.870. The maximum atomic E-state index is 12.7. The Bertz CT molecular complexity index is 1440. The molecule has 0 aromatic carbocycles. The Labute approximate surface area is 404 Å². The summed E-state index contributed by atoms with van der Waals surface area (Å²) < 4.78 is 33.9. The average molecular weight is 942 g/mol. The summed E-state index contributed by atoms with van der Waals surface area (Å²) in [6.07, 6.45) is 63.3. The van der Waals surface area contributed by atoms with Crippen molar-refractivity contribution in [2.75, 3.05) is 47.5 Å². The van der Waals surface area contributed by atoms with E-state index in [9.17, 15) is 19.0 Å². The molecule has 0 amide bonds. The molecule has 1 unspecified atom stereocenters. The summed E-state index contributed by atoms with van der Waals surface area (Å²) in [6.45, 7) is 3.99. The highest BCUT2D eigenvalue weighted by atomic mass is 31.2. The fraction of sp³-hybridized carbons (Fsp3) is 0.679. The third-order valence-corrected chi connectivity index (χ3v) is 11.5. The molecule has 2 atom stereocenters. The fourth-order valence-electron chi connectivity index (χ4n) is 6.58. The van der Waals surface area contributed by atoms with E-state index in [1.54, 1.807) is 0 Å². The summed E-state index contributed by atoms with van der Waals surface area (Å²) in [5, 5.41) is 0. The van der Waals surface area contributed by atoms with Gasteiger partial charge >= 0.3 is 11.9 Å². The molecule has 0 aromatic heterocycles. The van der Waals surface area contributed by atoms with E-state index in [1.165, 1.54) is 89.9 Å². The van der Waals surface area contributed by atoms with Gasteiger partial charge in [0.15, 0.2) is 6.10 Å². The zero-order chi connectivity index (χ0) is 48.5. The number of carbonyl (C=O) groups excluding carboxylic acids is 2. The van der Waals surface area contributed by atoms with E-state index < -0.39 is 32.5 Å². The van der Waals surface area contributed by atoms with Crippen LogP contribution in [0.5, 0.6) is 0 Å². The molecule has 0 aliphatic heterocycles. The Kier molecular flexibility index (Phi) is 44.8. The lowest BCUT2D eigenvalue weighted by Crippen LogP contribution is -2.37. The van der Waals surface area contributed by atoms with E-state index in [0.717, 1.165) is 64.2 Å². The molecule has 0 heterocycles. The van der Waals surface area contributed by atoms with Crippen molar-refractivity contribution in [3.8, 4) is 0 Å². The van der Waals surface area contributed by atoms with Crippen molar-refractivity contribution >= 4 is 19.8 Å². The summed E-state index contributed by atoms with van der Waals surface area (Å²) in [5.41, 5.74) is 0. The molecule has 0 aliphatic rings. The van der Waals surface area contributed by atoms with Crippen LogP contribution in [0.4, 0.5) is 0 Å². The van der Waals surface area contributed by atoms with E-state index in [0.29, 0.717) is 23.9 Å². The van der Waals surface area contributed by atoms with Gasteiger partial charge in [0, 0.05) is 12.8 Å². The van der Waals surface area contributed by atoms with Crippen molar-refractivity contribution in [1.29, 1.82) is 0 Å². The molecule has 0 saturated heterocycles. The van der Waals surface area contributed by atoms with E-state index in [2.05, 4.69) is 98.9 Å². The summed E-state index contributed by atoms with van der Waals surface area (Å²) in [7, 11) is 1.09. The van der Waals surface area contributed by atoms with E-state index in [-0.39, 0.29) is 26.1 Å². The third kappa shape index (κ3) is 50.3. The van der Waals surface area contributed by atoms with Crippen LogP contribution < -0.4 is 4.89 Å². The molecule has 0 aromatic rings. The van der Waals surface area contributed by atoms with Gasteiger partial charge in [0.25, 0.3) is 7.82 Å². The van der Waals surface area contributed by atoms with E-state index in [4.69, 9.17) is 18.5 Å². The number of phosphoric acid groups is 1. The zero-order valence-electron chi connectivity index (χ0n) is 42.6. The van der Waals surface area contributed by atoms with Crippen LogP contribution in [0.2, 0.25) is 0 Å². The first-order chi connectivity index (χ1) is 32.0. The minimum atomic E-state index is -4.66. The second kappa shape index (κ2) is 47.0. The van der Waals surface area contributed by atoms with Gasteiger partial charge in [-0.15, -0.1) is 0 Å². The topological polar surface area (TPSA) is 111 Å². The number of ether oxygens (including phenoxy) is 2. The highest BCUT2D eigenvalue weighted by Crippen LogP contribution is 2.38. The van der Waals surface area contributed by atoms with Crippen molar-refractivity contribution < 1.29 is 42.1 Å². The second-order valence-corrected chi connectivity index (χ2v) is 19.5. The van der Waals surface area contributed by atoms with Crippen molar-refractivity contribution in [3.63, 3.8) is 0 Å². The molecule has 0 N–H and O–H groups in total. The molecule has 0 fully saturated rings. The van der Waals surface area contributed by atoms with Gasteiger partial charge in [-0.2, -0.15) is 0 Å². The SMILES string of the molecule is CC/C=C/C/C=C/C/C=C/C/C=C/C/C=C/C/C=C/CCC(=O)OC[C@H](COP(=O)([O-])OCC[N+](C)(C)C)OC(=O)CCC/C=C/CC/C=C/CCCCCCCCCCCCCCCC. The molecule has 0 radical (unpaired) electrons. The van der Waals surface area contributed by atoms with Crippen molar-refractivity contribution in [2.45, 2.75) is 200 Å². The quantitative estimate of drug-likeness (QED) is 0.0195. The Morgan fingerprint density at radius 1 is 0.485 bits per heavy atom. The summed E-state index contributed by atoms with van der Waals surface area (Å²) in [5.74, 6) is -0.987. The number of hydrogen-bond acceptors (Lipinski definition) is 8. The Hall–Kier alpha value is -3.07. The van der Waals surface area contributed by atoms with Crippen LogP contribution in [-0.4, -0.2) is 70.0 Å². The number of esters is 2. The van der Waals surface area contributed by atoms with Gasteiger partial charge in [0.05, 0.1) is 27.7 Å². The number of nitrogens with zero attached hydrogens (tertiary/aromatic N) is 1. The number of hydrogen-bond donors (Lipinski definition) is 0. The van der Waals surface area contributed by atoms with E-state index in [1.807, 2.05) is 33.3 Å². The number of phosphoric ester groups is 1. The fourth-order valence-corrected chi connectivity index (χ4v) is 7.31. The van der Waals surface area contributed by atoms with Crippen molar-refractivity contribution in [1.82, 2.24) is 0 Å². The monoisotopic (exact) mass is 942 g/mol. The molecule has 0 saturated carbocycles. The lowest BCUT2D eigenvalue weighted by atomic mass is 10.0. The number of allylic oxidation sites excluding steroid dienone is 16. The van der Waals surface area contributed by atoms with Crippen LogP contribution in [0.15, 0.2) is 97.2 Å². The first-order valence-electron chi connectivity index (χ1n) is 25.9. The van der Waals surface area contributed by atoms with Gasteiger partial charge in [-0.25, -0.2) is 0 Å². The second-order valence-electron chi connectivity index (χ2n) is 18.1. The van der Waals surface area contributed by atoms with Gasteiger partial charge in [-0.3, -0.25) is 14.2 Å². The zero-order valence-corrected chi connectivity index (χ0v) is 43.5. The summed E-state index contributed by atoms with van der Waals surface area (Å²) >= 11 is 0. The summed E-state index contributed by atoms with van der Waals surface area (Å²) in [6, 6.07) is 0. The van der Waals surface area contributed by atoms with E-state index >= 15 is 0 Å². The minimum Gasteiger partial charge on any atom is -0.756 e. The van der Waals surface area contributed by atoms with Gasteiger partial charge < -0.3 is 27.9 Å². The molecule has 0 bridgehead atoms. The number of carbonyl (C=O) groups is 2. The standard InChI is InChI=1S/C56H96NO8P/c1-6-8-10-12-14-16-18-20-22-24-26-27-28-29-31-33-35-37-39-41-43-45-47-49-56(59)65-54(53-64-66(60,61)63-51-50-57(3,4)5)52-62-55(58)48-46-44-42-40-38-36-34-32-30-25-23-21-19-17-15-13-11-9-7-2/h9,11,15,17,21,23,30,32-33,35-36,38,41-44,54H,6-8,10,12-14,16,18-20,22,24-29,31,34,37,39-40,45-53H2,1-5H3/b11-9+,17-15+,23-21+,32-30+,35-33+,38-36+,43-41+,44-42+/t54-/m1/s1. The van der Waals surface area contributed by atoms with Crippen molar-refractivity contribution in [2.24, 2.45) is 0 Å². The lowest BCUT2D eigenvalue weighted by Gasteiger charge is -2.28. The predicted molar refractivity (Wildman–Crippen MR) is 277 cm³/mol. The summed E-state index contributed by atoms with van der Waals surface area (Å²) in [4.78, 5) is 37.7. The largest absolute Gasteiger partial charge is 0.756 e. The minimum absolute atomic E-state index is 0.0539.